The van der Waals surface area contributed by atoms with Gasteiger partial charge in [0.2, 0.25) is 0 Å². The number of methoxy groups -OCH3 is 1. The van der Waals surface area contributed by atoms with Crippen LogP contribution < -0.4 is 15.8 Å². The van der Waals surface area contributed by atoms with E-state index in [1.807, 2.05) is 18.2 Å². The molecule has 0 aromatic heterocycles. The van der Waals surface area contributed by atoms with Crippen molar-refractivity contribution in [3.63, 3.8) is 0 Å². The zero-order chi connectivity index (χ0) is 12.3. The molecule has 4 N–H and O–H groups in total. The van der Waals surface area contributed by atoms with Gasteiger partial charge in [-0.3, -0.25) is 0 Å². The van der Waals surface area contributed by atoms with E-state index in [9.17, 15) is 5.11 Å². The van der Waals surface area contributed by atoms with Gasteiger partial charge < -0.3 is 20.9 Å². The average molecular weight is 236 g/mol. The van der Waals surface area contributed by atoms with Gasteiger partial charge in [-0.1, -0.05) is 0 Å². The summed E-state index contributed by atoms with van der Waals surface area (Å²) in [6.07, 6.45) is 3.56. The fourth-order valence-electron chi connectivity index (χ4n) is 2.23. The van der Waals surface area contributed by atoms with Gasteiger partial charge in [-0.15, -0.1) is 0 Å². The Hall–Kier alpha value is -1.42. The monoisotopic (exact) mass is 236 g/mol. The Morgan fingerprint density at radius 3 is 2.65 bits per heavy atom. The van der Waals surface area contributed by atoms with Gasteiger partial charge in [-0.25, -0.2) is 0 Å². The number of rotatable bonds is 3. The maximum Gasteiger partial charge on any atom is 0.121 e. The summed E-state index contributed by atoms with van der Waals surface area (Å²) >= 11 is 0. The first-order valence-electron chi connectivity index (χ1n) is 6.07. The second kappa shape index (κ2) is 5.27. The zero-order valence-corrected chi connectivity index (χ0v) is 10.1. The molecule has 0 saturated heterocycles. The summed E-state index contributed by atoms with van der Waals surface area (Å²) < 4.78 is 5.18. The molecule has 0 heterocycles. The number of nitrogen functional groups attached to an aromatic ring is 1. The number of aliphatic hydroxyl groups is 1. The quantitative estimate of drug-likeness (QED) is 0.702. The fraction of sp³-hybridized carbons (Fsp3) is 0.538. The predicted molar refractivity (Wildman–Crippen MR) is 69.3 cm³/mol. The summed E-state index contributed by atoms with van der Waals surface area (Å²) in [4.78, 5) is 0. The van der Waals surface area contributed by atoms with E-state index >= 15 is 0 Å². The van der Waals surface area contributed by atoms with Crippen molar-refractivity contribution in [1.29, 1.82) is 0 Å². The Morgan fingerprint density at radius 1 is 1.29 bits per heavy atom. The maximum atomic E-state index is 9.46. The lowest BCUT2D eigenvalue weighted by Gasteiger charge is -2.27. The molecule has 17 heavy (non-hydrogen) atoms. The van der Waals surface area contributed by atoms with Crippen LogP contribution in [-0.4, -0.2) is 24.4 Å². The number of aliphatic hydroxyl groups excluding tert-OH is 1. The standard InChI is InChI=1S/C13H20N2O2/c1-17-11-6-7-12(14)13(8-11)15-9-2-4-10(16)5-3-9/h6-10,15-16H,2-5,14H2,1H3. The third-order valence-electron chi connectivity index (χ3n) is 3.32. The SMILES string of the molecule is COc1ccc(N)c(NC2CCC(O)CC2)c1. The molecular weight excluding hydrogens is 216 g/mol. The van der Waals surface area contributed by atoms with E-state index in [4.69, 9.17) is 10.5 Å². The molecular formula is C13H20N2O2. The number of ether oxygens (including phenoxy) is 1. The van der Waals surface area contributed by atoms with Crippen LogP contribution in [0, 0.1) is 0 Å². The summed E-state index contributed by atoms with van der Waals surface area (Å²) in [5.74, 6) is 0.803. The molecule has 2 rings (SSSR count). The largest absolute Gasteiger partial charge is 0.497 e. The van der Waals surface area contributed by atoms with Crippen molar-refractivity contribution in [2.75, 3.05) is 18.2 Å². The highest BCUT2D eigenvalue weighted by Gasteiger charge is 2.19. The van der Waals surface area contributed by atoms with Crippen molar-refractivity contribution in [3.8, 4) is 5.75 Å². The third-order valence-corrected chi connectivity index (χ3v) is 3.32. The second-order valence-electron chi connectivity index (χ2n) is 4.60. The Kier molecular flexibility index (Phi) is 3.74. The van der Waals surface area contributed by atoms with Crippen LogP contribution in [-0.2, 0) is 0 Å². The molecule has 1 aliphatic rings. The molecule has 0 bridgehead atoms. The number of anilines is 2. The lowest BCUT2D eigenvalue weighted by molar-refractivity contribution is 0.126. The first kappa shape index (κ1) is 12.0. The van der Waals surface area contributed by atoms with E-state index in [2.05, 4.69) is 5.32 Å². The van der Waals surface area contributed by atoms with Crippen LogP contribution in [0.5, 0.6) is 5.75 Å². The summed E-state index contributed by atoms with van der Waals surface area (Å²) in [6, 6.07) is 6.01. The van der Waals surface area contributed by atoms with Crippen LogP contribution in [0.2, 0.25) is 0 Å². The number of nitrogens with two attached hydrogens (primary N) is 1. The number of hydrogen-bond donors (Lipinski definition) is 3. The molecule has 0 radical (unpaired) electrons. The van der Waals surface area contributed by atoms with Crippen LogP contribution in [0.3, 0.4) is 0 Å². The highest BCUT2D eigenvalue weighted by molar-refractivity contribution is 5.68. The van der Waals surface area contributed by atoms with Crippen molar-refractivity contribution in [1.82, 2.24) is 0 Å². The second-order valence-corrected chi connectivity index (χ2v) is 4.60. The molecule has 0 amide bonds. The Morgan fingerprint density at radius 2 is 2.00 bits per heavy atom. The van der Waals surface area contributed by atoms with Crippen molar-refractivity contribution in [3.05, 3.63) is 18.2 Å². The highest BCUT2D eigenvalue weighted by Crippen LogP contribution is 2.28. The molecule has 1 fully saturated rings. The van der Waals surface area contributed by atoms with Gasteiger partial charge in [0.1, 0.15) is 5.75 Å². The first-order valence-corrected chi connectivity index (χ1v) is 6.07. The molecule has 4 heteroatoms. The zero-order valence-electron chi connectivity index (χ0n) is 10.1. The van der Waals surface area contributed by atoms with Crippen LogP contribution in [0.1, 0.15) is 25.7 Å². The first-order chi connectivity index (χ1) is 8.19. The predicted octanol–water partition coefficient (Wildman–Crippen LogP) is 1.99. The summed E-state index contributed by atoms with van der Waals surface area (Å²) in [5, 5.41) is 12.9. The Labute approximate surface area is 102 Å². The van der Waals surface area contributed by atoms with E-state index in [0.717, 1.165) is 42.8 Å². The summed E-state index contributed by atoms with van der Waals surface area (Å²) in [6.45, 7) is 0. The molecule has 4 nitrogen and oxygen atoms in total. The molecule has 1 aromatic rings. The minimum Gasteiger partial charge on any atom is -0.497 e. The molecule has 0 atom stereocenters. The van der Waals surface area contributed by atoms with E-state index in [1.165, 1.54) is 0 Å². The van der Waals surface area contributed by atoms with Crippen LogP contribution >= 0.6 is 0 Å². The van der Waals surface area contributed by atoms with Crippen LogP contribution in [0.4, 0.5) is 11.4 Å². The lowest BCUT2D eigenvalue weighted by atomic mass is 9.93. The Bertz CT molecular complexity index is 374. The van der Waals surface area contributed by atoms with Gasteiger partial charge in [0, 0.05) is 12.1 Å². The number of benzene rings is 1. The van der Waals surface area contributed by atoms with Gasteiger partial charge in [-0.05, 0) is 37.8 Å². The normalized spacial score (nSPS) is 24.4. The minimum atomic E-state index is -0.129. The van der Waals surface area contributed by atoms with Gasteiger partial charge >= 0.3 is 0 Å². The number of hydrogen-bond acceptors (Lipinski definition) is 4. The lowest BCUT2D eigenvalue weighted by Crippen LogP contribution is -2.28. The highest BCUT2D eigenvalue weighted by atomic mass is 16.5. The maximum absolute atomic E-state index is 9.46. The summed E-state index contributed by atoms with van der Waals surface area (Å²) in [7, 11) is 1.65. The minimum absolute atomic E-state index is 0.129. The van der Waals surface area contributed by atoms with Crippen molar-refractivity contribution >= 4 is 11.4 Å². The molecule has 0 unspecified atom stereocenters. The van der Waals surface area contributed by atoms with Crippen molar-refractivity contribution < 1.29 is 9.84 Å². The van der Waals surface area contributed by atoms with Crippen LogP contribution in [0.15, 0.2) is 18.2 Å². The Balaban J connectivity index is 2.02. The van der Waals surface area contributed by atoms with Gasteiger partial charge in [0.15, 0.2) is 0 Å². The molecule has 1 saturated carbocycles. The molecule has 0 spiro atoms. The molecule has 1 aliphatic carbocycles. The van der Waals surface area contributed by atoms with E-state index in [-0.39, 0.29) is 6.10 Å². The van der Waals surface area contributed by atoms with Gasteiger partial charge in [0.25, 0.3) is 0 Å². The van der Waals surface area contributed by atoms with E-state index < -0.39 is 0 Å². The topological polar surface area (TPSA) is 67.5 Å². The van der Waals surface area contributed by atoms with Gasteiger partial charge in [0.05, 0.1) is 24.6 Å². The van der Waals surface area contributed by atoms with Crippen molar-refractivity contribution in [2.24, 2.45) is 0 Å². The fourth-order valence-corrected chi connectivity index (χ4v) is 2.23. The smallest absolute Gasteiger partial charge is 0.121 e. The average Bonchev–Trinajstić information content (AvgIpc) is 2.35. The van der Waals surface area contributed by atoms with Crippen molar-refractivity contribution in [2.45, 2.75) is 37.8 Å². The third kappa shape index (κ3) is 3.03. The van der Waals surface area contributed by atoms with E-state index in [1.54, 1.807) is 7.11 Å². The van der Waals surface area contributed by atoms with Gasteiger partial charge in [-0.2, -0.15) is 0 Å². The molecule has 1 aromatic carbocycles. The molecule has 0 aliphatic heterocycles. The molecule has 94 valence electrons. The van der Waals surface area contributed by atoms with Crippen LogP contribution in [0.25, 0.3) is 0 Å². The number of nitrogens with one attached hydrogen (secondary N) is 1. The van der Waals surface area contributed by atoms with E-state index in [0.29, 0.717) is 6.04 Å². The summed E-state index contributed by atoms with van der Waals surface area (Å²) in [5.41, 5.74) is 7.58.